The summed E-state index contributed by atoms with van der Waals surface area (Å²) in [5, 5.41) is 3.59. The van der Waals surface area contributed by atoms with Crippen LogP contribution in [-0.2, 0) is 4.74 Å². The zero-order valence-electron chi connectivity index (χ0n) is 17.8. The van der Waals surface area contributed by atoms with Crippen molar-refractivity contribution in [3.8, 4) is 11.5 Å². The van der Waals surface area contributed by atoms with Crippen LogP contribution in [0.1, 0.15) is 13.3 Å². The number of amides is 1. The van der Waals surface area contributed by atoms with Crippen molar-refractivity contribution in [2.24, 2.45) is 0 Å². The van der Waals surface area contributed by atoms with Gasteiger partial charge in [0, 0.05) is 23.9 Å². The third-order valence-electron chi connectivity index (χ3n) is 5.36. The largest absolute Gasteiger partial charge is 0.493 e. The maximum absolute atomic E-state index is 14.4. The van der Waals surface area contributed by atoms with Crippen molar-refractivity contribution < 1.29 is 23.4 Å². The molecule has 3 aromatic rings. The van der Waals surface area contributed by atoms with Crippen molar-refractivity contribution in [2.75, 3.05) is 26.1 Å². The van der Waals surface area contributed by atoms with Gasteiger partial charge in [-0.25, -0.2) is 19.2 Å². The number of ether oxygens (including phenoxy) is 3. The molecular weight excluding hydrogens is 439 g/mol. The predicted molar refractivity (Wildman–Crippen MR) is 118 cm³/mol. The van der Waals surface area contributed by atoms with Crippen molar-refractivity contribution in [3.63, 3.8) is 0 Å². The van der Waals surface area contributed by atoms with E-state index in [1.165, 1.54) is 26.6 Å². The lowest BCUT2D eigenvalue weighted by atomic mass is 10.2. The van der Waals surface area contributed by atoms with E-state index in [2.05, 4.69) is 15.3 Å². The summed E-state index contributed by atoms with van der Waals surface area (Å²) in [6.07, 6.45) is 1.37. The molecule has 0 saturated carbocycles. The Labute approximate surface area is 189 Å². The molecule has 1 amide bonds. The summed E-state index contributed by atoms with van der Waals surface area (Å²) in [6.45, 7) is 2.33. The van der Waals surface area contributed by atoms with Crippen LogP contribution in [0.2, 0.25) is 5.02 Å². The van der Waals surface area contributed by atoms with E-state index >= 15 is 0 Å². The zero-order chi connectivity index (χ0) is 22.8. The smallest absolute Gasteiger partial charge is 0.409 e. The number of methoxy groups -OCH3 is 2. The number of halogens is 2. The monoisotopic (exact) mass is 460 g/mol. The summed E-state index contributed by atoms with van der Waals surface area (Å²) >= 11 is 5.89. The highest BCUT2D eigenvalue weighted by atomic mass is 35.5. The van der Waals surface area contributed by atoms with Crippen molar-refractivity contribution >= 4 is 40.1 Å². The van der Waals surface area contributed by atoms with Gasteiger partial charge in [-0.15, -0.1) is 0 Å². The Morgan fingerprint density at radius 1 is 1.25 bits per heavy atom. The number of carbonyl (C=O) groups excluding carboxylic acids is 1. The number of carbonyl (C=O) groups is 1. The summed E-state index contributed by atoms with van der Waals surface area (Å²) in [7, 11) is 2.89. The lowest BCUT2D eigenvalue weighted by Gasteiger charge is -2.19. The molecule has 2 atom stereocenters. The van der Waals surface area contributed by atoms with E-state index in [9.17, 15) is 9.18 Å². The van der Waals surface area contributed by atoms with Gasteiger partial charge in [-0.2, -0.15) is 0 Å². The van der Waals surface area contributed by atoms with E-state index in [0.29, 0.717) is 41.2 Å². The first-order chi connectivity index (χ1) is 15.4. The number of nitrogens with zero attached hydrogens (tertiary/aromatic N) is 3. The molecule has 0 radical (unpaired) electrons. The summed E-state index contributed by atoms with van der Waals surface area (Å²) in [4.78, 5) is 22.1. The Morgan fingerprint density at radius 3 is 2.81 bits per heavy atom. The van der Waals surface area contributed by atoms with Crippen LogP contribution in [0.15, 0.2) is 36.7 Å². The fourth-order valence-corrected chi connectivity index (χ4v) is 3.94. The molecule has 2 aromatic carbocycles. The minimum Gasteiger partial charge on any atom is -0.493 e. The molecule has 32 heavy (non-hydrogen) atoms. The van der Waals surface area contributed by atoms with Crippen LogP contribution in [-0.4, -0.2) is 53.9 Å². The lowest BCUT2D eigenvalue weighted by molar-refractivity contribution is 0.116. The quantitative estimate of drug-likeness (QED) is 0.586. The normalized spacial score (nSPS) is 18.0. The fourth-order valence-electron chi connectivity index (χ4n) is 3.76. The van der Waals surface area contributed by atoms with Gasteiger partial charge in [0.1, 0.15) is 18.2 Å². The van der Waals surface area contributed by atoms with Crippen molar-refractivity contribution in [1.82, 2.24) is 14.9 Å². The lowest BCUT2D eigenvalue weighted by Crippen LogP contribution is -2.34. The Bertz CT molecular complexity index is 1160. The molecule has 1 N–H and O–H groups in total. The molecule has 168 valence electrons. The molecule has 1 fully saturated rings. The first-order valence-corrected chi connectivity index (χ1v) is 10.3. The van der Waals surface area contributed by atoms with Gasteiger partial charge in [-0.3, -0.25) is 0 Å². The number of hydrogen-bond acceptors (Lipinski definition) is 7. The van der Waals surface area contributed by atoms with Gasteiger partial charge in [0.2, 0.25) is 0 Å². The minimum atomic E-state index is -0.575. The van der Waals surface area contributed by atoms with Gasteiger partial charge in [-0.05, 0) is 25.1 Å². The number of rotatable bonds is 5. The summed E-state index contributed by atoms with van der Waals surface area (Å²) < 4.78 is 30.9. The van der Waals surface area contributed by atoms with Gasteiger partial charge in [0.25, 0.3) is 0 Å². The average molecular weight is 461 g/mol. The second-order valence-electron chi connectivity index (χ2n) is 7.42. The number of aromatic nitrogens is 2. The van der Waals surface area contributed by atoms with Gasteiger partial charge in [0.15, 0.2) is 17.3 Å². The van der Waals surface area contributed by atoms with Crippen LogP contribution in [0.5, 0.6) is 11.5 Å². The molecule has 10 heteroatoms. The highest BCUT2D eigenvalue weighted by Crippen LogP contribution is 2.37. The number of likely N-dealkylation sites (tertiary alicyclic amines) is 1. The van der Waals surface area contributed by atoms with Crippen LogP contribution < -0.4 is 14.8 Å². The molecule has 1 aliphatic heterocycles. The number of hydrogen-bond donors (Lipinski definition) is 1. The Kier molecular flexibility index (Phi) is 6.18. The Hall–Kier alpha value is -3.33. The molecule has 1 saturated heterocycles. The highest BCUT2D eigenvalue weighted by molar-refractivity contribution is 6.31. The van der Waals surface area contributed by atoms with Gasteiger partial charge in [0.05, 0.1) is 37.0 Å². The van der Waals surface area contributed by atoms with E-state index in [0.717, 1.165) is 0 Å². The maximum Gasteiger partial charge on any atom is 0.409 e. The molecule has 4 rings (SSSR count). The van der Waals surface area contributed by atoms with Crippen LogP contribution in [0.4, 0.5) is 20.7 Å². The van der Waals surface area contributed by atoms with E-state index in [4.69, 9.17) is 25.8 Å². The molecule has 1 aromatic heterocycles. The third kappa shape index (κ3) is 4.20. The van der Waals surface area contributed by atoms with Crippen LogP contribution in [0, 0.1) is 5.82 Å². The van der Waals surface area contributed by atoms with E-state index in [-0.39, 0.29) is 22.9 Å². The zero-order valence-corrected chi connectivity index (χ0v) is 18.5. The number of anilines is 2. The van der Waals surface area contributed by atoms with E-state index in [1.807, 2.05) is 6.92 Å². The van der Waals surface area contributed by atoms with Crippen molar-refractivity contribution in [3.05, 3.63) is 47.5 Å². The topological polar surface area (TPSA) is 85.8 Å². The van der Waals surface area contributed by atoms with E-state index in [1.54, 1.807) is 29.2 Å². The van der Waals surface area contributed by atoms with Gasteiger partial charge in [-0.1, -0.05) is 17.7 Å². The molecule has 0 bridgehead atoms. The molecular formula is C22H22ClFN4O4. The first kappa shape index (κ1) is 21.9. The van der Waals surface area contributed by atoms with Gasteiger partial charge >= 0.3 is 6.09 Å². The Morgan fingerprint density at radius 2 is 2.06 bits per heavy atom. The standard InChI is InChI=1S/C22H22ClFN4O4/c1-12-7-13(10-28(12)22(29)31-3)32-19-8-14-17(9-18(19)30-2)25-11-26-21(14)27-16-6-4-5-15(23)20(16)24/h4-6,8-9,11-13H,7,10H2,1-3H3,(H,25,26,27)/t12-,13-/m1/s1. The third-order valence-corrected chi connectivity index (χ3v) is 5.66. The molecule has 1 aliphatic rings. The maximum atomic E-state index is 14.4. The van der Waals surface area contributed by atoms with E-state index < -0.39 is 11.9 Å². The highest BCUT2D eigenvalue weighted by Gasteiger charge is 2.35. The Balaban J connectivity index is 1.67. The predicted octanol–water partition coefficient (Wildman–Crippen LogP) is 4.78. The van der Waals surface area contributed by atoms with Crippen molar-refractivity contribution in [1.29, 1.82) is 0 Å². The summed E-state index contributed by atoms with van der Waals surface area (Å²) in [5.74, 6) is 0.766. The minimum absolute atomic E-state index is 0.00423. The van der Waals surface area contributed by atoms with Crippen molar-refractivity contribution in [2.45, 2.75) is 25.5 Å². The second-order valence-corrected chi connectivity index (χ2v) is 7.82. The van der Waals surface area contributed by atoms with Gasteiger partial charge < -0.3 is 24.4 Å². The second kappa shape index (κ2) is 9.04. The number of nitrogens with one attached hydrogen (secondary N) is 1. The van der Waals surface area contributed by atoms with Crippen LogP contribution in [0.25, 0.3) is 10.9 Å². The number of fused-ring (bicyclic) bond motifs is 1. The number of benzene rings is 2. The molecule has 2 heterocycles. The summed E-state index contributed by atoms with van der Waals surface area (Å²) in [5.41, 5.74) is 0.777. The fraction of sp³-hybridized carbons (Fsp3) is 0.318. The summed E-state index contributed by atoms with van der Waals surface area (Å²) in [6, 6.07) is 8.12. The van der Waals surface area contributed by atoms with Crippen LogP contribution in [0.3, 0.4) is 0 Å². The average Bonchev–Trinajstić information content (AvgIpc) is 3.16. The molecule has 0 unspecified atom stereocenters. The SMILES string of the molecule is COC(=O)N1C[C@H](Oc2cc3c(Nc4cccc(Cl)c4F)ncnc3cc2OC)C[C@H]1C. The van der Waals surface area contributed by atoms with Crippen LogP contribution >= 0.6 is 11.6 Å². The first-order valence-electron chi connectivity index (χ1n) is 9.96. The molecule has 8 nitrogen and oxygen atoms in total. The molecule has 0 spiro atoms. The molecule has 0 aliphatic carbocycles.